The van der Waals surface area contributed by atoms with Crippen LogP contribution in [0, 0.1) is 5.92 Å². The molecule has 3 aromatic rings. The highest BCUT2D eigenvalue weighted by Gasteiger charge is 2.42. The van der Waals surface area contributed by atoms with E-state index in [-0.39, 0.29) is 5.92 Å². The van der Waals surface area contributed by atoms with Crippen molar-refractivity contribution >= 4 is 5.97 Å². The van der Waals surface area contributed by atoms with Gasteiger partial charge in [0.25, 0.3) is 0 Å². The molecule has 0 aliphatic carbocycles. The van der Waals surface area contributed by atoms with E-state index in [9.17, 15) is 9.90 Å². The monoisotopic (exact) mass is 488 g/mol. The zero-order valence-electron chi connectivity index (χ0n) is 20.7. The first-order valence-corrected chi connectivity index (χ1v) is 12.7. The van der Waals surface area contributed by atoms with Crippen LogP contribution in [-0.4, -0.2) is 48.8 Å². The van der Waals surface area contributed by atoms with Crippen molar-refractivity contribution in [2.24, 2.45) is 11.7 Å². The number of hydrogen-bond acceptors (Lipinski definition) is 6. The van der Waals surface area contributed by atoms with Gasteiger partial charge in [-0.2, -0.15) is 0 Å². The Kier molecular flexibility index (Phi) is 9.11. The van der Waals surface area contributed by atoms with Crippen molar-refractivity contribution in [3.05, 3.63) is 102 Å². The third kappa shape index (κ3) is 6.52. The van der Waals surface area contributed by atoms with Gasteiger partial charge in [-0.25, -0.2) is 4.79 Å². The molecule has 0 radical (unpaired) electrons. The third-order valence-corrected chi connectivity index (χ3v) is 6.76. The van der Waals surface area contributed by atoms with Gasteiger partial charge in [0.2, 0.25) is 5.60 Å². The first-order chi connectivity index (χ1) is 17.6. The molecule has 0 bridgehead atoms. The lowest BCUT2D eigenvalue weighted by atomic mass is 9.86. The van der Waals surface area contributed by atoms with Gasteiger partial charge in [0.15, 0.2) is 0 Å². The minimum Gasteiger partial charge on any atom is -0.494 e. The number of nitrogens with two attached hydrogens (primary N) is 1. The molecular weight excluding hydrogens is 452 g/mol. The first kappa shape index (κ1) is 25.9. The van der Waals surface area contributed by atoms with Crippen LogP contribution in [0.15, 0.2) is 84.9 Å². The number of likely N-dealkylation sites (tertiary alicyclic amines) is 1. The van der Waals surface area contributed by atoms with E-state index in [1.54, 1.807) is 48.5 Å². The molecule has 3 aromatic carbocycles. The molecule has 3 N–H and O–H groups in total. The molecule has 0 saturated carbocycles. The van der Waals surface area contributed by atoms with Crippen molar-refractivity contribution in [1.82, 2.24) is 4.90 Å². The predicted octanol–water partition coefficient (Wildman–Crippen LogP) is 4.11. The number of carbonyl (C=O) groups is 1. The Balaban J connectivity index is 1.41. The molecule has 1 aliphatic rings. The highest BCUT2D eigenvalue weighted by atomic mass is 16.5. The normalized spacial score (nSPS) is 16.3. The van der Waals surface area contributed by atoms with Crippen LogP contribution in [0.4, 0.5) is 0 Å². The predicted molar refractivity (Wildman–Crippen MR) is 140 cm³/mol. The van der Waals surface area contributed by atoms with E-state index >= 15 is 0 Å². The smallest absolute Gasteiger partial charge is 0.347 e. The summed E-state index contributed by atoms with van der Waals surface area (Å²) in [7, 11) is 0. The molecule has 4 rings (SSSR count). The van der Waals surface area contributed by atoms with Gasteiger partial charge in [-0.1, -0.05) is 72.8 Å². The van der Waals surface area contributed by atoms with Gasteiger partial charge >= 0.3 is 5.97 Å². The van der Waals surface area contributed by atoms with Gasteiger partial charge in [-0.15, -0.1) is 0 Å². The number of hydrogen-bond donors (Lipinski definition) is 2. The summed E-state index contributed by atoms with van der Waals surface area (Å²) >= 11 is 0. The standard InChI is InChI=1S/C30H36N2O4/c31-17-8-20-35-28-14-7-13-27(21-28)30(34,26-11-5-2-6-12-26)29(33)36-23-25-15-18-32(19-16-25)22-24-9-3-1-4-10-24/h1-7,9-14,21,25,34H,8,15-20,22-23,31H2/t30-/m0/s1. The molecule has 0 amide bonds. The van der Waals surface area contributed by atoms with Crippen LogP contribution in [0.3, 0.4) is 0 Å². The van der Waals surface area contributed by atoms with Crippen LogP contribution in [0.25, 0.3) is 0 Å². The highest BCUT2D eigenvalue weighted by Crippen LogP contribution is 2.33. The number of piperidine rings is 1. The minimum absolute atomic E-state index is 0.270. The van der Waals surface area contributed by atoms with Gasteiger partial charge in [0.05, 0.1) is 13.2 Å². The summed E-state index contributed by atoms with van der Waals surface area (Å²) in [4.78, 5) is 15.9. The van der Waals surface area contributed by atoms with Crippen LogP contribution < -0.4 is 10.5 Å². The number of esters is 1. The summed E-state index contributed by atoms with van der Waals surface area (Å²) in [6.07, 6.45) is 2.63. The fourth-order valence-corrected chi connectivity index (χ4v) is 4.62. The second-order valence-electron chi connectivity index (χ2n) is 9.40. The molecule has 0 unspecified atom stereocenters. The highest BCUT2D eigenvalue weighted by molar-refractivity contribution is 5.85. The Labute approximate surface area is 213 Å². The summed E-state index contributed by atoms with van der Waals surface area (Å²) in [6, 6.07) is 26.4. The average molecular weight is 489 g/mol. The van der Waals surface area contributed by atoms with Gasteiger partial charge in [0.1, 0.15) is 5.75 Å². The summed E-state index contributed by atoms with van der Waals surface area (Å²) in [5, 5.41) is 11.8. The summed E-state index contributed by atoms with van der Waals surface area (Å²) < 4.78 is 11.5. The molecule has 36 heavy (non-hydrogen) atoms. The Bertz CT molecular complexity index is 1080. The largest absolute Gasteiger partial charge is 0.494 e. The van der Waals surface area contributed by atoms with Crippen LogP contribution in [0.2, 0.25) is 0 Å². The number of ether oxygens (including phenoxy) is 2. The van der Waals surface area contributed by atoms with E-state index in [0.29, 0.717) is 36.6 Å². The average Bonchev–Trinajstić information content (AvgIpc) is 2.93. The number of carbonyl (C=O) groups excluding carboxylic acids is 1. The summed E-state index contributed by atoms with van der Waals surface area (Å²) in [5.41, 5.74) is 5.83. The lowest BCUT2D eigenvalue weighted by molar-refractivity contribution is -0.164. The van der Waals surface area contributed by atoms with E-state index in [4.69, 9.17) is 15.2 Å². The molecule has 6 nitrogen and oxygen atoms in total. The van der Waals surface area contributed by atoms with Crippen LogP contribution in [0.1, 0.15) is 36.0 Å². The number of rotatable bonds is 11. The molecule has 6 heteroatoms. The van der Waals surface area contributed by atoms with Crippen molar-refractivity contribution in [3.63, 3.8) is 0 Å². The van der Waals surface area contributed by atoms with E-state index in [2.05, 4.69) is 29.2 Å². The molecule has 190 valence electrons. The Morgan fingerprint density at radius 3 is 2.31 bits per heavy atom. The lowest BCUT2D eigenvalue weighted by Gasteiger charge is -2.33. The minimum atomic E-state index is -1.93. The van der Waals surface area contributed by atoms with Crippen molar-refractivity contribution in [3.8, 4) is 5.75 Å². The van der Waals surface area contributed by atoms with E-state index in [1.165, 1.54) is 5.56 Å². The fraction of sp³-hybridized carbons (Fsp3) is 0.367. The van der Waals surface area contributed by atoms with Crippen LogP contribution in [0.5, 0.6) is 5.75 Å². The first-order valence-electron chi connectivity index (χ1n) is 12.7. The molecule has 1 aliphatic heterocycles. The second kappa shape index (κ2) is 12.7. The van der Waals surface area contributed by atoms with Crippen molar-refractivity contribution in [2.75, 3.05) is 32.8 Å². The molecular formula is C30H36N2O4. The Morgan fingerprint density at radius 2 is 1.61 bits per heavy atom. The van der Waals surface area contributed by atoms with Crippen molar-refractivity contribution < 1.29 is 19.4 Å². The molecule has 1 atom stereocenters. The molecule has 0 aromatic heterocycles. The van der Waals surface area contributed by atoms with E-state index in [0.717, 1.165) is 38.9 Å². The lowest BCUT2D eigenvalue weighted by Crippen LogP contribution is -2.40. The second-order valence-corrected chi connectivity index (χ2v) is 9.40. The topological polar surface area (TPSA) is 85.0 Å². The molecule has 1 saturated heterocycles. The number of nitrogens with zero attached hydrogens (tertiary/aromatic N) is 1. The molecule has 1 fully saturated rings. The summed E-state index contributed by atoms with van der Waals surface area (Å²) in [6.45, 7) is 4.15. The van der Waals surface area contributed by atoms with Gasteiger partial charge in [0, 0.05) is 12.1 Å². The Morgan fingerprint density at radius 1 is 0.944 bits per heavy atom. The van der Waals surface area contributed by atoms with Crippen LogP contribution >= 0.6 is 0 Å². The number of aliphatic hydroxyl groups is 1. The van der Waals surface area contributed by atoms with Crippen molar-refractivity contribution in [1.29, 1.82) is 0 Å². The maximum Gasteiger partial charge on any atom is 0.347 e. The van der Waals surface area contributed by atoms with Crippen LogP contribution in [-0.2, 0) is 21.7 Å². The zero-order chi connectivity index (χ0) is 25.2. The van der Waals surface area contributed by atoms with E-state index < -0.39 is 11.6 Å². The zero-order valence-corrected chi connectivity index (χ0v) is 20.7. The Hall–Kier alpha value is -3.19. The number of benzene rings is 3. The molecule has 0 spiro atoms. The fourth-order valence-electron chi connectivity index (χ4n) is 4.62. The summed E-state index contributed by atoms with van der Waals surface area (Å²) in [5.74, 6) is 0.181. The van der Waals surface area contributed by atoms with E-state index in [1.807, 2.05) is 12.1 Å². The van der Waals surface area contributed by atoms with Gasteiger partial charge in [-0.3, -0.25) is 4.90 Å². The quantitative estimate of drug-likeness (QED) is 0.312. The van der Waals surface area contributed by atoms with Crippen molar-refractivity contribution in [2.45, 2.75) is 31.4 Å². The van der Waals surface area contributed by atoms with Gasteiger partial charge < -0.3 is 20.3 Å². The third-order valence-electron chi connectivity index (χ3n) is 6.76. The SMILES string of the molecule is NCCCOc1cccc([C@](O)(C(=O)OCC2CCN(Cc3ccccc3)CC2)c2ccccc2)c1. The van der Waals surface area contributed by atoms with Gasteiger partial charge in [-0.05, 0) is 68.1 Å². The molecule has 1 heterocycles. The maximum atomic E-state index is 13.4. The maximum absolute atomic E-state index is 13.4.